The molecule has 2 atom stereocenters. The molecule has 1 fully saturated rings. The largest absolute Gasteiger partial charge is 0.117 e. The van der Waals surface area contributed by atoms with Crippen LogP contribution in [0.2, 0.25) is 8.67 Å². The molecule has 1 aromatic rings. The smallest absolute Gasteiger partial charge is 0.0991 e. The number of hydrogen-bond donors (Lipinski definition) is 0. The zero-order chi connectivity index (χ0) is 12.6. The van der Waals surface area contributed by atoms with E-state index in [9.17, 15) is 0 Å². The first-order valence-corrected chi connectivity index (χ1v) is 8.01. The maximum atomic E-state index is 6.65. The van der Waals surface area contributed by atoms with Gasteiger partial charge in [-0.05, 0) is 30.2 Å². The summed E-state index contributed by atoms with van der Waals surface area (Å²) in [6.07, 6.45) is 5.01. The van der Waals surface area contributed by atoms with Crippen LogP contribution in [0, 0.1) is 11.3 Å². The molecular weight excluding hydrogens is 295 g/mol. The van der Waals surface area contributed by atoms with Crippen molar-refractivity contribution in [2.24, 2.45) is 11.3 Å². The minimum Gasteiger partial charge on any atom is -0.117 e. The normalized spacial score (nSPS) is 25.8. The third-order valence-electron chi connectivity index (χ3n) is 3.92. The van der Waals surface area contributed by atoms with Gasteiger partial charge in [0.05, 0.1) is 14.0 Å². The van der Waals surface area contributed by atoms with Gasteiger partial charge in [0, 0.05) is 5.56 Å². The second-order valence-corrected chi connectivity index (χ2v) is 8.28. The highest BCUT2D eigenvalue weighted by atomic mass is 35.5. The third-order valence-corrected chi connectivity index (χ3v) is 5.98. The lowest BCUT2D eigenvalue weighted by atomic mass is 9.67. The highest BCUT2D eigenvalue weighted by molar-refractivity contribution is 7.20. The van der Waals surface area contributed by atoms with Gasteiger partial charge < -0.3 is 0 Å². The summed E-state index contributed by atoms with van der Waals surface area (Å²) in [6.45, 7) is 4.63. The van der Waals surface area contributed by atoms with Gasteiger partial charge in [-0.1, -0.05) is 49.9 Å². The van der Waals surface area contributed by atoms with Crippen LogP contribution in [0.5, 0.6) is 0 Å². The summed E-state index contributed by atoms with van der Waals surface area (Å²) in [6, 6.07) is 1.93. The van der Waals surface area contributed by atoms with Crippen LogP contribution in [0.4, 0.5) is 0 Å². The van der Waals surface area contributed by atoms with Crippen LogP contribution in [0.15, 0.2) is 6.07 Å². The van der Waals surface area contributed by atoms with E-state index in [4.69, 9.17) is 34.8 Å². The van der Waals surface area contributed by atoms with E-state index in [0.29, 0.717) is 11.3 Å². The number of alkyl halides is 1. The Morgan fingerprint density at radius 2 is 2.06 bits per heavy atom. The van der Waals surface area contributed by atoms with E-state index in [-0.39, 0.29) is 5.38 Å². The number of rotatable bonds is 2. The summed E-state index contributed by atoms with van der Waals surface area (Å²) in [5.74, 6) is 0.487. The molecule has 17 heavy (non-hydrogen) atoms. The number of hydrogen-bond acceptors (Lipinski definition) is 1. The highest BCUT2D eigenvalue weighted by Gasteiger charge is 2.38. The van der Waals surface area contributed by atoms with Crippen molar-refractivity contribution in [3.05, 3.63) is 20.3 Å². The van der Waals surface area contributed by atoms with Gasteiger partial charge in [0.15, 0.2) is 0 Å². The molecule has 1 aromatic heterocycles. The number of halogens is 3. The van der Waals surface area contributed by atoms with E-state index >= 15 is 0 Å². The Hall–Kier alpha value is 0.570. The lowest BCUT2D eigenvalue weighted by Crippen LogP contribution is -2.30. The van der Waals surface area contributed by atoms with Crippen LogP contribution in [0.25, 0.3) is 0 Å². The first-order chi connectivity index (χ1) is 7.92. The van der Waals surface area contributed by atoms with E-state index in [0.717, 1.165) is 14.2 Å². The average Bonchev–Trinajstić information content (AvgIpc) is 2.56. The molecule has 2 rings (SSSR count). The second kappa shape index (κ2) is 5.28. The highest BCUT2D eigenvalue weighted by Crippen LogP contribution is 2.51. The second-order valence-electron chi connectivity index (χ2n) is 5.52. The fourth-order valence-electron chi connectivity index (χ4n) is 2.82. The molecule has 0 bridgehead atoms. The summed E-state index contributed by atoms with van der Waals surface area (Å²) in [5, 5.41) is -0.0125. The Balaban J connectivity index is 2.24. The van der Waals surface area contributed by atoms with E-state index < -0.39 is 0 Å². The molecule has 4 heteroatoms. The Bertz CT molecular complexity index is 397. The van der Waals surface area contributed by atoms with Gasteiger partial charge in [0.25, 0.3) is 0 Å². The molecule has 1 aliphatic rings. The lowest BCUT2D eigenvalue weighted by Gasteiger charge is -2.41. The SMILES string of the molecule is CC1(C)CCCCC1C(Cl)c1cc(Cl)sc1Cl. The predicted molar refractivity (Wildman–Crippen MR) is 78.7 cm³/mol. The average molecular weight is 312 g/mol. The summed E-state index contributed by atoms with van der Waals surface area (Å²) in [4.78, 5) is 0. The predicted octanol–water partition coefficient (Wildman–Crippen LogP) is 6.55. The van der Waals surface area contributed by atoms with E-state index in [1.54, 1.807) is 0 Å². The van der Waals surface area contributed by atoms with Crippen LogP contribution < -0.4 is 0 Å². The molecule has 96 valence electrons. The molecule has 1 aliphatic carbocycles. The zero-order valence-electron chi connectivity index (χ0n) is 10.1. The van der Waals surface area contributed by atoms with Gasteiger partial charge in [0.1, 0.15) is 0 Å². The quantitative estimate of drug-likeness (QED) is 0.543. The fraction of sp³-hybridized carbons (Fsp3) is 0.692. The molecule has 0 radical (unpaired) electrons. The summed E-state index contributed by atoms with van der Waals surface area (Å²) in [5.41, 5.74) is 1.31. The van der Waals surface area contributed by atoms with Crippen molar-refractivity contribution in [2.75, 3.05) is 0 Å². The van der Waals surface area contributed by atoms with Gasteiger partial charge in [-0.2, -0.15) is 0 Å². The first kappa shape index (κ1) is 14.0. The molecule has 0 aromatic carbocycles. The van der Waals surface area contributed by atoms with E-state index in [1.165, 1.54) is 37.0 Å². The summed E-state index contributed by atoms with van der Waals surface area (Å²) < 4.78 is 1.47. The Morgan fingerprint density at radius 1 is 1.35 bits per heavy atom. The molecule has 0 saturated heterocycles. The molecule has 0 spiro atoms. The Labute approximate surface area is 122 Å². The first-order valence-electron chi connectivity index (χ1n) is 6.00. The van der Waals surface area contributed by atoms with Crippen molar-refractivity contribution in [3.63, 3.8) is 0 Å². The monoisotopic (exact) mass is 310 g/mol. The van der Waals surface area contributed by atoms with Gasteiger partial charge in [-0.25, -0.2) is 0 Å². The van der Waals surface area contributed by atoms with Crippen molar-refractivity contribution < 1.29 is 0 Å². The van der Waals surface area contributed by atoms with Gasteiger partial charge in [0.2, 0.25) is 0 Å². The minimum atomic E-state index is -0.0125. The van der Waals surface area contributed by atoms with Gasteiger partial charge >= 0.3 is 0 Å². The Morgan fingerprint density at radius 3 is 2.59 bits per heavy atom. The molecule has 1 heterocycles. The van der Waals surface area contributed by atoms with Crippen molar-refractivity contribution >= 4 is 46.1 Å². The lowest BCUT2D eigenvalue weighted by molar-refractivity contribution is 0.133. The van der Waals surface area contributed by atoms with Crippen LogP contribution in [-0.4, -0.2) is 0 Å². The molecule has 0 aliphatic heterocycles. The standard InChI is InChI=1S/C13H17Cl3S/c1-13(2)6-4-3-5-9(13)11(15)8-7-10(14)17-12(8)16/h7,9,11H,3-6H2,1-2H3. The molecule has 2 unspecified atom stereocenters. The summed E-state index contributed by atoms with van der Waals surface area (Å²) >= 11 is 20.3. The minimum absolute atomic E-state index is 0.0125. The molecule has 0 nitrogen and oxygen atoms in total. The fourth-order valence-corrected chi connectivity index (χ4v) is 5.13. The maximum absolute atomic E-state index is 6.65. The van der Waals surface area contributed by atoms with Crippen LogP contribution >= 0.6 is 46.1 Å². The van der Waals surface area contributed by atoms with Gasteiger partial charge in [-0.3, -0.25) is 0 Å². The van der Waals surface area contributed by atoms with Gasteiger partial charge in [-0.15, -0.1) is 22.9 Å². The molecule has 0 N–H and O–H groups in total. The van der Waals surface area contributed by atoms with E-state index in [1.807, 2.05) is 6.07 Å². The van der Waals surface area contributed by atoms with Crippen LogP contribution in [-0.2, 0) is 0 Å². The molecule has 0 amide bonds. The maximum Gasteiger partial charge on any atom is 0.0991 e. The zero-order valence-corrected chi connectivity index (χ0v) is 13.2. The van der Waals surface area contributed by atoms with Crippen molar-refractivity contribution in [1.29, 1.82) is 0 Å². The van der Waals surface area contributed by atoms with Crippen molar-refractivity contribution in [1.82, 2.24) is 0 Å². The Kier molecular flexibility index (Phi) is 4.35. The van der Waals surface area contributed by atoms with Crippen LogP contribution in [0.1, 0.15) is 50.5 Å². The third kappa shape index (κ3) is 2.94. The number of thiophene rings is 1. The summed E-state index contributed by atoms with van der Waals surface area (Å²) in [7, 11) is 0. The van der Waals surface area contributed by atoms with Crippen molar-refractivity contribution in [2.45, 2.75) is 44.9 Å². The van der Waals surface area contributed by atoms with Crippen LogP contribution in [0.3, 0.4) is 0 Å². The van der Waals surface area contributed by atoms with Crippen molar-refractivity contribution in [3.8, 4) is 0 Å². The molecule has 1 saturated carbocycles. The molecular formula is C13H17Cl3S. The topological polar surface area (TPSA) is 0 Å². The van der Waals surface area contributed by atoms with E-state index in [2.05, 4.69) is 13.8 Å².